The van der Waals surface area contributed by atoms with Crippen molar-refractivity contribution in [3.05, 3.63) is 243 Å². The van der Waals surface area contributed by atoms with Crippen molar-refractivity contribution in [2.24, 2.45) is 0 Å². The van der Waals surface area contributed by atoms with Crippen LogP contribution >= 0.6 is 0 Å². The molecular weight excluding hydrogens is 753 g/mol. The van der Waals surface area contributed by atoms with Gasteiger partial charge in [-0.3, -0.25) is 0 Å². The van der Waals surface area contributed by atoms with Gasteiger partial charge in [-0.1, -0.05) is 206 Å². The SMILES string of the molecule is Oc1ccc(-c2c(-c3ccccc3)c(-c3ccccc3)cc(-c3cc(-c4ccccc4)c(-c4ccccc4)c(-c4ccc(O)cc4)c3-c3ccccc3)c2-c2ccccc2)cc1. The Labute approximate surface area is 363 Å². The highest BCUT2D eigenvalue weighted by atomic mass is 16.3. The molecule has 0 spiro atoms. The van der Waals surface area contributed by atoms with Crippen LogP contribution in [0.4, 0.5) is 0 Å². The molecule has 2 nitrogen and oxygen atoms in total. The molecule has 0 saturated carbocycles. The van der Waals surface area contributed by atoms with Gasteiger partial charge in [-0.05, 0) is 137 Å². The minimum Gasteiger partial charge on any atom is -0.508 e. The number of benzene rings is 10. The van der Waals surface area contributed by atoms with Crippen LogP contribution in [0.5, 0.6) is 11.5 Å². The van der Waals surface area contributed by atoms with Crippen LogP contribution in [0.2, 0.25) is 0 Å². The molecule has 0 aromatic heterocycles. The van der Waals surface area contributed by atoms with E-state index in [0.29, 0.717) is 0 Å². The maximum Gasteiger partial charge on any atom is 0.115 e. The molecular formula is C60H42O2. The van der Waals surface area contributed by atoms with E-state index in [0.717, 1.165) is 100 Å². The third-order valence-electron chi connectivity index (χ3n) is 11.7. The second-order valence-corrected chi connectivity index (χ2v) is 15.5. The fraction of sp³-hybridized carbons (Fsp3) is 0. The lowest BCUT2D eigenvalue weighted by Crippen LogP contribution is -2.02. The number of aromatic hydroxyl groups is 2. The van der Waals surface area contributed by atoms with Crippen LogP contribution in [0.15, 0.2) is 243 Å². The zero-order valence-corrected chi connectivity index (χ0v) is 34.0. The maximum atomic E-state index is 10.7. The summed E-state index contributed by atoms with van der Waals surface area (Å²) in [7, 11) is 0. The predicted molar refractivity (Wildman–Crippen MR) is 259 cm³/mol. The molecule has 0 aliphatic carbocycles. The Morgan fingerprint density at radius 1 is 0.177 bits per heavy atom. The van der Waals surface area contributed by atoms with E-state index in [1.807, 2.05) is 24.3 Å². The van der Waals surface area contributed by atoms with Crippen molar-refractivity contribution < 1.29 is 10.2 Å². The van der Waals surface area contributed by atoms with Gasteiger partial charge in [0.2, 0.25) is 0 Å². The molecule has 0 radical (unpaired) electrons. The average molecular weight is 795 g/mol. The van der Waals surface area contributed by atoms with Gasteiger partial charge < -0.3 is 10.2 Å². The standard InChI is InChI=1S/C60H42O2/c61-49-35-31-47(32-36-49)59-55(43-23-11-3-12-24-43)51(41-19-7-1-8-20-41)39-53(57(59)45-27-15-5-16-28-45)54-40-52(42-21-9-2-10-22-42)56(44-25-13-4-14-26-44)60(48-33-37-50(62)38-34-48)58(54)46-29-17-6-18-30-46/h1-40,61-62H. The topological polar surface area (TPSA) is 40.5 Å². The number of hydrogen-bond acceptors (Lipinski definition) is 2. The molecule has 62 heavy (non-hydrogen) atoms. The molecule has 10 aromatic rings. The Balaban J connectivity index is 1.49. The van der Waals surface area contributed by atoms with Crippen LogP contribution in [-0.4, -0.2) is 10.2 Å². The quantitative estimate of drug-likeness (QED) is 0.153. The highest BCUT2D eigenvalue weighted by Crippen LogP contribution is 2.56. The summed E-state index contributed by atoms with van der Waals surface area (Å²) in [5.41, 5.74) is 19.3. The summed E-state index contributed by atoms with van der Waals surface area (Å²) in [6, 6.07) is 84.2. The molecule has 294 valence electrons. The first-order valence-corrected chi connectivity index (χ1v) is 21.0. The molecule has 0 atom stereocenters. The normalized spacial score (nSPS) is 11.0. The maximum absolute atomic E-state index is 10.7. The van der Waals surface area contributed by atoms with Crippen molar-refractivity contribution in [3.63, 3.8) is 0 Å². The summed E-state index contributed by atoms with van der Waals surface area (Å²) >= 11 is 0. The van der Waals surface area contributed by atoms with E-state index < -0.39 is 0 Å². The second-order valence-electron chi connectivity index (χ2n) is 15.5. The summed E-state index contributed by atoms with van der Waals surface area (Å²) in [5, 5.41) is 21.4. The van der Waals surface area contributed by atoms with Gasteiger partial charge in [0.1, 0.15) is 11.5 Å². The number of rotatable bonds is 9. The van der Waals surface area contributed by atoms with Gasteiger partial charge in [0.05, 0.1) is 0 Å². The van der Waals surface area contributed by atoms with Crippen molar-refractivity contribution in [1.29, 1.82) is 0 Å². The van der Waals surface area contributed by atoms with E-state index >= 15 is 0 Å². The lowest BCUT2D eigenvalue weighted by Gasteiger charge is -2.28. The summed E-state index contributed by atoms with van der Waals surface area (Å²) in [6.07, 6.45) is 0. The first-order valence-electron chi connectivity index (χ1n) is 21.0. The van der Waals surface area contributed by atoms with Gasteiger partial charge in [0, 0.05) is 0 Å². The molecule has 0 heterocycles. The van der Waals surface area contributed by atoms with Crippen molar-refractivity contribution >= 4 is 0 Å². The average Bonchev–Trinajstić information content (AvgIpc) is 3.35. The molecule has 10 rings (SSSR count). The van der Waals surface area contributed by atoms with Gasteiger partial charge in [0.15, 0.2) is 0 Å². The fourth-order valence-corrected chi connectivity index (χ4v) is 8.93. The van der Waals surface area contributed by atoms with E-state index in [4.69, 9.17) is 0 Å². The van der Waals surface area contributed by atoms with Crippen LogP contribution in [0.1, 0.15) is 0 Å². The molecule has 0 bridgehead atoms. The molecule has 0 aliphatic heterocycles. The van der Waals surface area contributed by atoms with E-state index in [9.17, 15) is 10.2 Å². The Hall–Kier alpha value is -8.20. The lowest BCUT2D eigenvalue weighted by molar-refractivity contribution is 0.475. The Kier molecular flexibility index (Phi) is 10.3. The van der Waals surface area contributed by atoms with E-state index in [1.54, 1.807) is 24.3 Å². The van der Waals surface area contributed by atoms with Gasteiger partial charge >= 0.3 is 0 Å². The Morgan fingerprint density at radius 2 is 0.387 bits per heavy atom. The van der Waals surface area contributed by atoms with Gasteiger partial charge in [0.25, 0.3) is 0 Å². The molecule has 2 heteroatoms. The number of hydrogen-bond donors (Lipinski definition) is 2. The van der Waals surface area contributed by atoms with Crippen molar-refractivity contribution in [3.8, 4) is 112 Å². The first kappa shape index (κ1) is 38.0. The molecule has 0 saturated heterocycles. The third-order valence-corrected chi connectivity index (χ3v) is 11.7. The molecule has 2 N–H and O–H groups in total. The molecule has 0 aliphatic rings. The van der Waals surface area contributed by atoms with Gasteiger partial charge in [-0.15, -0.1) is 0 Å². The fourth-order valence-electron chi connectivity index (χ4n) is 8.93. The first-order chi connectivity index (χ1) is 30.6. The highest BCUT2D eigenvalue weighted by molar-refractivity contribution is 6.13. The van der Waals surface area contributed by atoms with Gasteiger partial charge in [-0.2, -0.15) is 0 Å². The number of phenolic OH excluding ortho intramolecular Hbond substituents is 2. The van der Waals surface area contributed by atoms with Crippen molar-refractivity contribution in [2.45, 2.75) is 0 Å². The second kappa shape index (κ2) is 16.8. The molecule has 0 fully saturated rings. The monoisotopic (exact) mass is 794 g/mol. The molecule has 0 unspecified atom stereocenters. The van der Waals surface area contributed by atoms with E-state index in [-0.39, 0.29) is 11.5 Å². The highest BCUT2D eigenvalue weighted by Gasteiger charge is 2.29. The Bertz CT molecular complexity index is 2890. The lowest BCUT2D eigenvalue weighted by atomic mass is 9.74. The zero-order chi connectivity index (χ0) is 41.8. The minimum absolute atomic E-state index is 0.213. The van der Waals surface area contributed by atoms with Crippen LogP contribution < -0.4 is 0 Å². The predicted octanol–water partition coefficient (Wildman–Crippen LogP) is 16.1. The molecule has 10 aromatic carbocycles. The van der Waals surface area contributed by atoms with Crippen molar-refractivity contribution in [2.75, 3.05) is 0 Å². The van der Waals surface area contributed by atoms with Crippen LogP contribution in [0, 0.1) is 0 Å². The van der Waals surface area contributed by atoms with Crippen molar-refractivity contribution in [1.82, 2.24) is 0 Å². The van der Waals surface area contributed by atoms with Crippen LogP contribution in [-0.2, 0) is 0 Å². The third kappa shape index (κ3) is 7.25. The summed E-state index contributed by atoms with van der Waals surface area (Å²) < 4.78 is 0. The van der Waals surface area contributed by atoms with Crippen LogP contribution in [0.25, 0.3) is 100 Å². The largest absolute Gasteiger partial charge is 0.508 e. The van der Waals surface area contributed by atoms with E-state index in [1.165, 1.54) is 0 Å². The number of phenols is 2. The summed E-state index contributed by atoms with van der Waals surface area (Å²) in [6.45, 7) is 0. The zero-order valence-electron chi connectivity index (χ0n) is 34.0. The summed E-state index contributed by atoms with van der Waals surface area (Å²) in [5.74, 6) is 0.425. The molecule has 0 amide bonds. The van der Waals surface area contributed by atoms with Gasteiger partial charge in [-0.25, -0.2) is 0 Å². The smallest absolute Gasteiger partial charge is 0.115 e. The summed E-state index contributed by atoms with van der Waals surface area (Å²) in [4.78, 5) is 0. The Morgan fingerprint density at radius 3 is 0.645 bits per heavy atom. The van der Waals surface area contributed by atoms with Crippen LogP contribution in [0.3, 0.4) is 0 Å². The minimum atomic E-state index is 0.213. The van der Waals surface area contributed by atoms with E-state index in [2.05, 4.69) is 194 Å².